The van der Waals surface area contributed by atoms with Gasteiger partial charge >= 0.3 is 59.7 Å². The van der Waals surface area contributed by atoms with Crippen molar-refractivity contribution in [2.45, 2.75) is 176 Å². The van der Waals surface area contributed by atoms with Gasteiger partial charge in [-0.2, -0.15) is 0 Å². The summed E-state index contributed by atoms with van der Waals surface area (Å²) >= 11 is 0. The van der Waals surface area contributed by atoms with Crippen molar-refractivity contribution in [1.82, 2.24) is 9.80 Å². The first kappa shape index (κ1) is 65.8. The van der Waals surface area contributed by atoms with Gasteiger partial charge in [0.1, 0.15) is 24.4 Å². The van der Waals surface area contributed by atoms with Crippen molar-refractivity contribution in [3.8, 4) is 23.0 Å². The van der Waals surface area contributed by atoms with Crippen molar-refractivity contribution in [3.05, 3.63) is 106 Å². The summed E-state index contributed by atoms with van der Waals surface area (Å²) in [5.74, 6) is -8.11. The first-order chi connectivity index (χ1) is 45.8. The van der Waals surface area contributed by atoms with Gasteiger partial charge in [-0.3, -0.25) is 28.8 Å². The van der Waals surface area contributed by atoms with Crippen LogP contribution < -0.4 is 18.9 Å². The molecule has 10 aliphatic rings. The average Bonchev–Trinajstić information content (AvgIpc) is 1.48. The lowest BCUT2D eigenvalue weighted by molar-refractivity contribution is -0.313. The number of hydrogen-bond acceptors (Lipinski definition) is 28. The Hall–Kier alpha value is -8.80. The number of methoxy groups -OCH3 is 2. The molecule has 2 spiro atoms. The minimum Gasteiger partial charge on any atom is -0.482 e. The number of rotatable bonds is 16. The molecule has 20 atom stereocenters. The highest BCUT2D eigenvalue weighted by molar-refractivity contribution is 5.95. The molecule has 4 fully saturated rings. The largest absolute Gasteiger partial charge is 0.482 e. The van der Waals surface area contributed by atoms with Crippen LogP contribution in [0.2, 0.25) is 0 Å². The molecule has 0 saturated carbocycles. The molecule has 6 aliphatic heterocycles. The normalized spacial score (nSPS) is 34.4. The Morgan fingerprint density at radius 3 is 1.14 bits per heavy atom. The Bertz CT molecular complexity index is 3550. The van der Waals surface area contributed by atoms with Gasteiger partial charge in [0.25, 0.3) is 0 Å². The summed E-state index contributed by atoms with van der Waals surface area (Å²) < 4.78 is 95.9. The van der Waals surface area contributed by atoms with Crippen molar-refractivity contribution >= 4 is 59.7 Å². The van der Waals surface area contributed by atoms with E-state index in [1.165, 1.54) is 24.3 Å². The first-order valence-electron chi connectivity index (χ1n) is 31.6. The second kappa shape index (κ2) is 25.3. The molecule has 0 N–H and O–H groups in total. The summed E-state index contributed by atoms with van der Waals surface area (Å²) in [5.41, 5.74) is 2.17. The molecule has 28 heteroatoms. The molecule has 4 aliphatic carbocycles. The van der Waals surface area contributed by atoms with Gasteiger partial charge in [0.15, 0.2) is 71.8 Å². The van der Waals surface area contributed by atoms with Crippen LogP contribution in [0.15, 0.2) is 72.8 Å². The summed E-state index contributed by atoms with van der Waals surface area (Å²) in [4.78, 5) is 136. The zero-order valence-corrected chi connectivity index (χ0v) is 54.1. The van der Waals surface area contributed by atoms with Crippen LogP contribution >= 0.6 is 0 Å². The van der Waals surface area contributed by atoms with Gasteiger partial charge in [-0.05, 0) is 100 Å². The highest BCUT2D eigenvalue weighted by Gasteiger charge is 2.68. The van der Waals surface area contributed by atoms with Gasteiger partial charge < -0.3 is 85.6 Å². The van der Waals surface area contributed by atoms with Crippen molar-refractivity contribution in [2.24, 2.45) is 11.8 Å². The number of nitrogens with zero attached hydrogens (tertiary/aromatic N) is 2. The van der Waals surface area contributed by atoms with Crippen molar-refractivity contribution in [2.75, 3.05) is 41.4 Å². The lowest BCUT2D eigenvalue weighted by atomic mass is 9.53. The van der Waals surface area contributed by atoms with Gasteiger partial charge in [-0.15, -0.1) is 0 Å². The predicted molar refractivity (Wildman–Crippen MR) is 321 cm³/mol. The van der Waals surface area contributed by atoms with E-state index in [0.717, 1.165) is 78.0 Å². The van der Waals surface area contributed by atoms with Crippen LogP contribution in [0.5, 0.6) is 23.0 Å². The summed E-state index contributed by atoms with van der Waals surface area (Å²) in [6, 6.07) is 12.9. The van der Waals surface area contributed by atoms with E-state index >= 15 is 0 Å². The third-order valence-electron chi connectivity index (χ3n) is 20.2. The third-order valence-corrected chi connectivity index (χ3v) is 20.2. The number of likely N-dealkylation sites (tertiary alicyclic amines) is 2. The van der Waals surface area contributed by atoms with E-state index in [1.54, 1.807) is 24.3 Å². The standard InChI is InChI=1S/C68H72N2O26/c1-29(71)83-51-53(85-31(3)73)57(87-33(5)75)65(95-55(51)63(79)81-9)91-45-21-17-39-41-27-37-15-19-43(49-47(37)67(39,59(45)93-49)23-25-69(41)7)89-61(77)35-11-13-36(14-12-35)62(78)90-44-20-16-38-28-42-40-18-22-46(60-68(40,24-26-70(42)8)48(38)50(44)94-60)92-66-58(88-34(6)76)54(86-32(4)74)52(84-30(2)72)56(96-66)64(80)82-10/h11-22,39-42,45-46,51-60,65-66H,23-28H2,1-10H3/t39-,40-,41+,42+,45-,46-,51-,52-,53-,54-,55-,56-,57+,58+,59-,60-,65+,66+,67-,68-/m0/s1. The molecular formula is C68H72N2O26. The van der Waals surface area contributed by atoms with Crippen molar-refractivity contribution in [3.63, 3.8) is 0 Å². The number of likely N-dealkylation sites (N-methyl/N-ethyl adjacent to an activating group) is 2. The molecule has 6 heterocycles. The second-order valence-corrected chi connectivity index (χ2v) is 25.7. The van der Waals surface area contributed by atoms with Gasteiger partial charge in [-0.1, -0.05) is 36.4 Å². The molecule has 96 heavy (non-hydrogen) atoms. The summed E-state index contributed by atoms with van der Waals surface area (Å²) in [7, 11) is 6.29. The molecule has 4 bridgehead atoms. The summed E-state index contributed by atoms with van der Waals surface area (Å²) in [6.45, 7) is 7.87. The fraction of sp³-hybridized carbons (Fsp3) is 0.529. The minimum atomic E-state index is -1.71. The van der Waals surface area contributed by atoms with Gasteiger partial charge in [0.2, 0.25) is 12.6 Å². The zero-order valence-electron chi connectivity index (χ0n) is 54.1. The lowest BCUT2D eigenvalue weighted by Crippen LogP contribution is -2.67. The number of benzene rings is 3. The molecule has 3 aromatic carbocycles. The van der Waals surface area contributed by atoms with Gasteiger partial charge in [-0.25, -0.2) is 19.2 Å². The molecule has 3 aromatic rings. The first-order valence-corrected chi connectivity index (χ1v) is 31.6. The van der Waals surface area contributed by atoms with E-state index in [9.17, 15) is 47.9 Å². The fourth-order valence-electron chi connectivity index (χ4n) is 16.6. The Labute approximate surface area is 549 Å². The number of carbonyl (C=O) groups is 10. The molecule has 0 amide bonds. The van der Waals surface area contributed by atoms with Crippen LogP contribution in [0.1, 0.15) is 97.4 Å². The second-order valence-electron chi connectivity index (χ2n) is 25.7. The van der Waals surface area contributed by atoms with Gasteiger partial charge in [0.05, 0.1) is 25.3 Å². The Kier molecular flexibility index (Phi) is 17.4. The number of carbonyl (C=O) groups excluding carboxylic acids is 10. The highest BCUT2D eigenvalue weighted by Crippen LogP contribution is 2.65. The number of esters is 10. The molecule has 0 unspecified atom stereocenters. The lowest BCUT2D eigenvalue weighted by Gasteiger charge is -2.57. The molecule has 510 valence electrons. The van der Waals surface area contributed by atoms with Crippen LogP contribution in [0.4, 0.5) is 0 Å². The molecule has 0 aromatic heterocycles. The van der Waals surface area contributed by atoms with Crippen LogP contribution in [-0.4, -0.2) is 209 Å². The summed E-state index contributed by atoms with van der Waals surface area (Å²) in [5, 5.41) is 0. The molecular weight excluding hydrogens is 1260 g/mol. The average molecular weight is 1330 g/mol. The molecule has 28 nitrogen and oxygen atoms in total. The third kappa shape index (κ3) is 11.1. The maximum atomic E-state index is 14.4. The minimum absolute atomic E-state index is 0.0229. The maximum Gasteiger partial charge on any atom is 0.343 e. The van der Waals surface area contributed by atoms with Crippen molar-refractivity contribution < 1.29 is 124 Å². The van der Waals surface area contributed by atoms with E-state index in [1.807, 2.05) is 24.3 Å². The monoisotopic (exact) mass is 1330 g/mol. The van der Waals surface area contributed by atoms with Gasteiger partial charge in [0, 0.05) is 87.4 Å². The topological polar surface area (TPSA) is 325 Å². The smallest absolute Gasteiger partial charge is 0.343 e. The Balaban J connectivity index is 0.753. The van der Waals surface area contributed by atoms with E-state index in [0.29, 0.717) is 50.3 Å². The fourth-order valence-corrected chi connectivity index (χ4v) is 16.6. The van der Waals surface area contributed by atoms with Crippen LogP contribution in [0, 0.1) is 11.8 Å². The zero-order chi connectivity index (χ0) is 68.1. The maximum absolute atomic E-state index is 14.4. The Morgan fingerprint density at radius 2 is 0.792 bits per heavy atom. The number of ether oxygens (including phenoxy) is 16. The summed E-state index contributed by atoms with van der Waals surface area (Å²) in [6.07, 6.45) is -9.93. The molecule has 0 radical (unpaired) electrons. The molecule has 13 rings (SSSR count). The predicted octanol–water partition coefficient (Wildman–Crippen LogP) is 3.17. The van der Waals surface area contributed by atoms with Crippen LogP contribution in [-0.2, 0) is 119 Å². The Morgan fingerprint density at radius 1 is 0.448 bits per heavy atom. The van der Waals surface area contributed by atoms with E-state index < -0.39 is 156 Å². The van der Waals surface area contributed by atoms with E-state index in [2.05, 4.69) is 23.9 Å². The molecule has 4 saturated heterocycles. The number of piperidine rings is 2. The van der Waals surface area contributed by atoms with Crippen LogP contribution in [0.3, 0.4) is 0 Å². The van der Waals surface area contributed by atoms with Crippen LogP contribution in [0.25, 0.3) is 0 Å². The number of hydrogen-bond donors (Lipinski definition) is 0. The van der Waals surface area contributed by atoms with E-state index in [-0.39, 0.29) is 46.5 Å². The van der Waals surface area contributed by atoms with E-state index in [4.69, 9.17) is 75.8 Å². The SMILES string of the molecule is COC(=O)[C@H]1O[C@@H](O[C@H]2C=C[C@H]3[C@H]4Cc5ccc(OC(=O)c6ccc(C(=O)Oc7ccc8c9c7O[C@H]7[C@@H](O[C@@H]%10O[C@H](C(=O)OC)[C@@H](OC(C)=O)[C@H](OC(C)=O)[C@H]%10OC(C)=O)C=C[C@H]%10[C@@H](C8)N(C)CC[C@@]9%107)cc6)c6c5[C@@]3(CCN4C)[C@H]2O6)[C@H](OC(C)=O)[C@@H](OC(C)=O)[C@@H]1OC(C)=O. The quantitative estimate of drug-likeness (QED) is 0.0860. The highest BCUT2D eigenvalue weighted by atomic mass is 16.8. The van der Waals surface area contributed by atoms with Crippen molar-refractivity contribution in [1.29, 1.82) is 0 Å².